The maximum absolute atomic E-state index is 11.4. The van der Waals surface area contributed by atoms with E-state index in [1.807, 2.05) is 12.1 Å². The van der Waals surface area contributed by atoms with Gasteiger partial charge in [-0.15, -0.1) is 0 Å². The molecule has 0 radical (unpaired) electrons. The van der Waals surface area contributed by atoms with Gasteiger partial charge in [0.1, 0.15) is 0 Å². The van der Waals surface area contributed by atoms with Gasteiger partial charge in [0, 0.05) is 19.1 Å². The van der Waals surface area contributed by atoms with Gasteiger partial charge in [-0.25, -0.2) is 0 Å². The van der Waals surface area contributed by atoms with Gasteiger partial charge < -0.3 is 5.11 Å². The van der Waals surface area contributed by atoms with Gasteiger partial charge in [-0.2, -0.15) is 0 Å². The van der Waals surface area contributed by atoms with E-state index in [-0.39, 0.29) is 13.3 Å². The van der Waals surface area contributed by atoms with E-state index in [4.69, 9.17) is 0 Å². The molecule has 0 spiro atoms. The number of nitrogens with zero attached hydrogens (tertiary/aromatic N) is 1. The number of benzene rings is 2. The largest absolute Gasteiger partial charge is 0.481 e. The Kier molecular flexibility index (Phi) is 7.20. The lowest BCUT2D eigenvalue weighted by molar-refractivity contribution is -0.143. The zero-order valence-corrected chi connectivity index (χ0v) is 14.0. The summed E-state index contributed by atoms with van der Waals surface area (Å²) in [7, 11) is 0. The fourth-order valence-electron chi connectivity index (χ4n) is 3.67. The van der Waals surface area contributed by atoms with Crippen LogP contribution in [0.3, 0.4) is 0 Å². The molecule has 1 aliphatic rings. The highest BCUT2D eigenvalue weighted by Crippen LogP contribution is 2.30. The second kappa shape index (κ2) is 9.38. The highest BCUT2D eigenvalue weighted by molar-refractivity contribution is 5.70. The van der Waals surface area contributed by atoms with Gasteiger partial charge in [0.05, 0.1) is 5.92 Å². The molecule has 1 fully saturated rings. The van der Waals surface area contributed by atoms with Crippen LogP contribution in [0, 0.1) is 5.92 Å². The number of carboxylic acid groups (broad SMARTS) is 1. The zero-order valence-electron chi connectivity index (χ0n) is 14.0. The molecule has 25 heavy (non-hydrogen) atoms. The molecule has 3 nitrogen and oxygen atoms in total. The summed E-state index contributed by atoms with van der Waals surface area (Å²) in [5, 5.41) is 9.40. The molecule has 0 aliphatic heterocycles. The summed E-state index contributed by atoms with van der Waals surface area (Å²) in [5.74, 6) is -0.836. The van der Waals surface area contributed by atoms with Crippen molar-refractivity contribution in [3.63, 3.8) is 0 Å². The third kappa shape index (κ3) is 5.43. The minimum atomic E-state index is -0.640. The molecule has 134 valence electrons. The van der Waals surface area contributed by atoms with Gasteiger partial charge in [-0.05, 0) is 30.4 Å². The third-order valence-electron chi connectivity index (χ3n) is 4.97. The fourth-order valence-corrected chi connectivity index (χ4v) is 3.67. The average Bonchev–Trinajstić information content (AvgIpc) is 2.63. The van der Waals surface area contributed by atoms with Gasteiger partial charge in [0.15, 0.2) is 0 Å². The van der Waals surface area contributed by atoms with Crippen LogP contribution in [0.1, 0.15) is 44.2 Å². The van der Waals surface area contributed by atoms with Crippen molar-refractivity contribution in [1.82, 2.24) is 4.90 Å². The topological polar surface area (TPSA) is 40.5 Å². The SMILES string of the molecule is C.O=C(O)C1CCCC(N(Cc2ccccc2)Cc2ccccc2)C1. The predicted octanol–water partition coefficient (Wildman–Crippen LogP) is 4.97. The van der Waals surface area contributed by atoms with Crippen LogP contribution in [0.25, 0.3) is 0 Å². The molecule has 2 aromatic carbocycles. The van der Waals surface area contributed by atoms with Crippen LogP contribution in [0.5, 0.6) is 0 Å². The lowest BCUT2D eigenvalue weighted by Crippen LogP contribution is -2.39. The van der Waals surface area contributed by atoms with Crippen molar-refractivity contribution in [2.45, 2.75) is 52.2 Å². The van der Waals surface area contributed by atoms with E-state index < -0.39 is 5.97 Å². The molecule has 2 aromatic rings. The van der Waals surface area contributed by atoms with E-state index in [1.165, 1.54) is 11.1 Å². The van der Waals surface area contributed by atoms with Crippen molar-refractivity contribution in [3.8, 4) is 0 Å². The normalized spacial score (nSPS) is 20.0. The molecule has 2 unspecified atom stereocenters. The molecule has 3 heteroatoms. The third-order valence-corrected chi connectivity index (χ3v) is 4.97. The first-order valence-electron chi connectivity index (χ1n) is 8.77. The fraction of sp³-hybridized carbons (Fsp3) is 0.409. The average molecular weight is 339 g/mol. The lowest BCUT2D eigenvalue weighted by atomic mass is 9.84. The molecule has 1 N–H and O–H groups in total. The van der Waals surface area contributed by atoms with Gasteiger partial charge in [0.25, 0.3) is 0 Å². The smallest absolute Gasteiger partial charge is 0.306 e. The first-order valence-corrected chi connectivity index (χ1v) is 8.77. The summed E-state index contributed by atoms with van der Waals surface area (Å²) in [6, 6.07) is 21.3. The Hall–Kier alpha value is -2.13. The van der Waals surface area contributed by atoms with E-state index in [2.05, 4.69) is 53.4 Å². The number of rotatable bonds is 6. The second-order valence-electron chi connectivity index (χ2n) is 6.73. The summed E-state index contributed by atoms with van der Waals surface area (Å²) >= 11 is 0. The molecular weight excluding hydrogens is 310 g/mol. The summed E-state index contributed by atoms with van der Waals surface area (Å²) < 4.78 is 0. The minimum Gasteiger partial charge on any atom is -0.481 e. The Labute approximate surface area is 151 Å². The van der Waals surface area contributed by atoms with E-state index >= 15 is 0 Å². The molecule has 2 atom stereocenters. The van der Waals surface area contributed by atoms with Crippen LogP contribution >= 0.6 is 0 Å². The van der Waals surface area contributed by atoms with Gasteiger partial charge in [0.2, 0.25) is 0 Å². The summed E-state index contributed by atoms with van der Waals surface area (Å²) in [5.41, 5.74) is 2.57. The van der Waals surface area contributed by atoms with E-state index in [9.17, 15) is 9.90 Å². The van der Waals surface area contributed by atoms with Gasteiger partial charge >= 0.3 is 5.97 Å². The lowest BCUT2D eigenvalue weighted by Gasteiger charge is -2.36. The van der Waals surface area contributed by atoms with Crippen molar-refractivity contribution >= 4 is 5.97 Å². The molecule has 3 rings (SSSR count). The molecule has 0 heterocycles. The van der Waals surface area contributed by atoms with Crippen LogP contribution in [-0.2, 0) is 17.9 Å². The number of carboxylic acids is 1. The van der Waals surface area contributed by atoms with Gasteiger partial charge in [-0.1, -0.05) is 74.5 Å². The Morgan fingerprint density at radius 3 is 1.92 bits per heavy atom. The number of aliphatic carboxylic acids is 1. The maximum Gasteiger partial charge on any atom is 0.306 e. The summed E-state index contributed by atoms with van der Waals surface area (Å²) in [4.78, 5) is 13.9. The quantitative estimate of drug-likeness (QED) is 0.808. The molecule has 1 saturated carbocycles. The van der Waals surface area contributed by atoms with Crippen molar-refractivity contribution in [2.75, 3.05) is 0 Å². The Balaban J connectivity index is 0.00000225. The van der Waals surface area contributed by atoms with Crippen LogP contribution in [0.2, 0.25) is 0 Å². The first kappa shape index (κ1) is 19.2. The molecule has 0 aromatic heterocycles. The van der Waals surface area contributed by atoms with Crippen LogP contribution in [0.4, 0.5) is 0 Å². The highest BCUT2D eigenvalue weighted by atomic mass is 16.4. The zero-order chi connectivity index (χ0) is 16.8. The number of hydrogen-bond donors (Lipinski definition) is 1. The minimum absolute atomic E-state index is 0. The van der Waals surface area contributed by atoms with Gasteiger partial charge in [-0.3, -0.25) is 9.69 Å². The Morgan fingerprint density at radius 2 is 1.44 bits per heavy atom. The van der Waals surface area contributed by atoms with Crippen molar-refractivity contribution < 1.29 is 9.90 Å². The predicted molar refractivity (Wildman–Crippen MR) is 102 cm³/mol. The maximum atomic E-state index is 11.4. The molecule has 0 saturated heterocycles. The van der Waals surface area contributed by atoms with Crippen molar-refractivity contribution in [2.24, 2.45) is 5.92 Å². The number of hydrogen-bond acceptors (Lipinski definition) is 2. The molecule has 0 amide bonds. The first-order chi connectivity index (χ1) is 11.7. The van der Waals surface area contributed by atoms with Crippen molar-refractivity contribution in [1.29, 1.82) is 0 Å². The Bertz CT molecular complexity index is 600. The molecular formula is C22H29NO2. The monoisotopic (exact) mass is 339 g/mol. The van der Waals surface area contributed by atoms with E-state index in [0.717, 1.165) is 38.8 Å². The summed E-state index contributed by atoms with van der Waals surface area (Å²) in [6.45, 7) is 1.74. The van der Waals surface area contributed by atoms with Crippen LogP contribution in [0.15, 0.2) is 60.7 Å². The molecule has 0 bridgehead atoms. The Morgan fingerprint density at radius 1 is 0.920 bits per heavy atom. The number of carbonyl (C=O) groups is 1. The van der Waals surface area contributed by atoms with Crippen LogP contribution < -0.4 is 0 Å². The standard InChI is InChI=1S/C21H25NO2.CH4/c23-21(24)19-12-7-13-20(14-19)22(15-17-8-3-1-4-9-17)16-18-10-5-2-6-11-18;/h1-6,8-11,19-20H,7,12-16H2,(H,23,24);1H4. The highest BCUT2D eigenvalue weighted by Gasteiger charge is 2.30. The molecule has 1 aliphatic carbocycles. The summed E-state index contributed by atoms with van der Waals surface area (Å²) in [6.07, 6.45) is 3.66. The van der Waals surface area contributed by atoms with Crippen molar-refractivity contribution in [3.05, 3.63) is 71.8 Å². The van der Waals surface area contributed by atoms with E-state index in [0.29, 0.717) is 6.04 Å². The second-order valence-corrected chi connectivity index (χ2v) is 6.73. The van der Waals surface area contributed by atoms with E-state index in [1.54, 1.807) is 0 Å². The van der Waals surface area contributed by atoms with Crippen LogP contribution in [-0.4, -0.2) is 22.0 Å².